The lowest BCUT2D eigenvalue weighted by Gasteiger charge is -2.39. The predicted molar refractivity (Wildman–Crippen MR) is 117 cm³/mol. The molecule has 0 aliphatic rings. The first kappa shape index (κ1) is 22.4. The summed E-state index contributed by atoms with van der Waals surface area (Å²) in [5, 5.41) is 1.28. The maximum atomic E-state index is 13.3. The van der Waals surface area contributed by atoms with E-state index in [1.54, 1.807) is 30.3 Å². The van der Waals surface area contributed by atoms with Crippen molar-refractivity contribution in [1.82, 2.24) is 9.54 Å². The summed E-state index contributed by atoms with van der Waals surface area (Å²) in [5.74, 6) is -0.827. The number of halogens is 2. The van der Waals surface area contributed by atoms with Gasteiger partial charge in [-0.15, -0.1) is 0 Å². The highest BCUT2D eigenvalue weighted by Gasteiger charge is 2.36. The van der Waals surface area contributed by atoms with Crippen LogP contribution in [-0.4, -0.2) is 26.9 Å². The van der Waals surface area contributed by atoms with Crippen LogP contribution in [0, 0.1) is 0 Å². The van der Waals surface area contributed by atoms with Crippen molar-refractivity contribution in [2.24, 2.45) is 0 Å². The number of benzene rings is 2. The normalized spacial score (nSPS) is 11.9. The summed E-state index contributed by atoms with van der Waals surface area (Å²) < 4.78 is 1.49. The largest absolute Gasteiger partial charge is 0.288 e. The standard InChI is InChI=1S/C22H26BrClN2O2/c1-21(2,3)16-13-11-15(12-14-16)19(27)25(22(4,5)6)26(24)20(28)17-9-7-8-10-18(17)23/h7-14H,1-6H3. The summed E-state index contributed by atoms with van der Waals surface area (Å²) in [5.41, 5.74) is 1.24. The van der Waals surface area contributed by atoms with Crippen LogP contribution in [-0.2, 0) is 5.41 Å². The second-order valence-electron chi connectivity index (χ2n) is 8.66. The minimum Gasteiger partial charge on any atom is -0.267 e. The number of nitrogens with zero attached hydrogens (tertiary/aromatic N) is 2. The Morgan fingerprint density at radius 2 is 1.39 bits per heavy atom. The molecule has 0 saturated heterocycles. The van der Waals surface area contributed by atoms with E-state index in [0.29, 0.717) is 15.6 Å². The van der Waals surface area contributed by atoms with Crippen LogP contribution >= 0.6 is 27.7 Å². The van der Waals surface area contributed by atoms with Crippen LogP contribution in [0.4, 0.5) is 0 Å². The number of rotatable bonds is 2. The lowest BCUT2D eigenvalue weighted by atomic mass is 9.86. The third kappa shape index (κ3) is 4.95. The predicted octanol–water partition coefficient (Wildman–Crippen LogP) is 6.20. The van der Waals surface area contributed by atoms with E-state index in [0.717, 1.165) is 10.1 Å². The zero-order valence-electron chi connectivity index (χ0n) is 17.1. The van der Waals surface area contributed by atoms with Crippen molar-refractivity contribution in [2.45, 2.75) is 52.5 Å². The molecule has 0 unspecified atom stereocenters. The molecule has 0 saturated carbocycles. The molecule has 2 amide bonds. The van der Waals surface area contributed by atoms with E-state index in [-0.39, 0.29) is 11.3 Å². The third-order valence-corrected chi connectivity index (χ3v) is 5.27. The molecule has 2 rings (SSSR count). The van der Waals surface area contributed by atoms with Gasteiger partial charge in [-0.1, -0.05) is 45.0 Å². The van der Waals surface area contributed by atoms with E-state index in [2.05, 4.69) is 36.7 Å². The van der Waals surface area contributed by atoms with Crippen LogP contribution in [0.15, 0.2) is 53.0 Å². The van der Waals surface area contributed by atoms with Gasteiger partial charge >= 0.3 is 0 Å². The Morgan fingerprint density at radius 1 is 0.857 bits per heavy atom. The first-order chi connectivity index (χ1) is 12.8. The zero-order chi connectivity index (χ0) is 21.3. The molecule has 28 heavy (non-hydrogen) atoms. The highest BCUT2D eigenvalue weighted by Crippen LogP contribution is 2.27. The molecular formula is C22H26BrClN2O2. The number of amides is 2. The van der Waals surface area contributed by atoms with E-state index in [4.69, 9.17) is 11.8 Å². The molecule has 0 aliphatic carbocycles. The SMILES string of the molecule is CC(C)(C)c1ccc(C(=O)N(N(Cl)C(=O)c2ccccc2Br)C(C)(C)C)cc1. The van der Waals surface area contributed by atoms with Crippen LogP contribution in [0.25, 0.3) is 0 Å². The lowest BCUT2D eigenvalue weighted by molar-refractivity contribution is -0.00375. The van der Waals surface area contributed by atoms with Crippen LogP contribution in [0.3, 0.4) is 0 Å². The van der Waals surface area contributed by atoms with Crippen molar-refractivity contribution in [3.8, 4) is 0 Å². The zero-order valence-corrected chi connectivity index (χ0v) is 19.4. The fourth-order valence-electron chi connectivity index (χ4n) is 2.71. The monoisotopic (exact) mass is 464 g/mol. The summed E-state index contributed by atoms with van der Waals surface area (Å²) in [6.07, 6.45) is 0. The molecule has 0 bridgehead atoms. The highest BCUT2D eigenvalue weighted by molar-refractivity contribution is 9.10. The van der Waals surface area contributed by atoms with Crippen LogP contribution < -0.4 is 0 Å². The van der Waals surface area contributed by atoms with Gasteiger partial charge in [-0.3, -0.25) is 9.59 Å². The minimum atomic E-state index is -0.710. The molecule has 150 valence electrons. The number of carbonyl (C=O) groups excluding carboxylic acids is 2. The van der Waals surface area contributed by atoms with Gasteiger partial charge in [-0.25, -0.2) is 5.01 Å². The van der Waals surface area contributed by atoms with E-state index in [1.165, 1.54) is 5.01 Å². The molecule has 2 aromatic carbocycles. The maximum Gasteiger partial charge on any atom is 0.288 e. The van der Waals surface area contributed by atoms with Crippen molar-refractivity contribution in [3.63, 3.8) is 0 Å². The van der Waals surface area contributed by atoms with Crippen LogP contribution in [0.1, 0.15) is 67.8 Å². The minimum absolute atomic E-state index is 0.0145. The van der Waals surface area contributed by atoms with Gasteiger partial charge < -0.3 is 0 Å². The maximum absolute atomic E-state index is 13.3. The lowest BCUT2D eigenvalue weighted by Crippen LogP contribution is -2.54. The smallest absolute Gasteiger partial charge is 0.267 e. The Morgan fingerprint density at radius 3 is 1.86 bits per heavy atom. The van der Waals surface area contributed by atoms with Crippen LogP contribution in [0.2, 0.25) is 0 Å². The van der Waals surface area contributed by atoms with Gasteiger partial charge in [-0.2, -0.15) is 4.53 Å². The van der Waals surface area contributed by atoms with Crippen molar-refractivity contribution in [3.05, 3.63) is 69.7 Å². The number of hydrogen-bond acceptors (Lipinski definition) is 2. The molecule has 2 aromatic rings. The molecule has 0 spiro atoms. The molecular weight excluding hydrogens is 440 g/mol. The van der Waals surface area contributed by atoms with E-state index >= 15 is 0 Å². The Bertz CT molecular complexity index is 867. The first-order valence-electron chi connectivity index (χ1n) is 9.04. The molecule has 6 heteroatoms. The molecule has 0 aliphatic heterocycles. The Balaban J connectivity index is 2.39. The van der Waals surface area contributed by atoms with Crippen LogP contribution in [0.5, 0.6) is 0 Å². The number of hydrazine groups is 1. The van der Waals surface area contributed by atoms with Crippen molar-refractivity contribution in [1.29, 1.82) is 0 Å². The quantitative estimate of drug-likeness (QED) is 0.391. The highest BCUT2D eigenvalue weighted by atomic mass is 79.9. The van der Waals surface area contributed by atoms with Gasteiger partial charge in [0.05, 0.1) is 11.1 Å². The summed E-state index contributed by atoms with van der Waals surface area (Å²) in [7, 11) is 0. The molecule has 0 fully saturated rings. The third-order valence-electron chi connectivity index (χ3n) is 4.27. The second-order valence-corrected chi connectivity index (χ2v) is 9.83. The molecule has 0 radical (unpaired) electrons. The molecule has 0 aromatic heterocycles. The summed E-state index contributed by atoms with van der Waals surface area (Å²) in [4.78, 5) is 26.2. The summed E-state index contributed by atoms with van der Waals surface area (Å²) >= 11 is 9.77. The van der Waals surface area contributed by atoms with Gasteiger partial charge in [0.15, 0.2) is 0 Å². The number of hydrogen-bond donors (Lipinski definition) is 0. The summed E-state index contributed by atoms with van der Waals surface area (Å²) in [6, 6.07) is 14.4. The van der Waals surface area contributed by atoms with Crippen molar-refractivity contribution < 1.29 is 9.59 Å². The summed E-state index contributed by atoms with van der Waals surface area (Å²) in [6.45, 7) is 11.8. The topological polar surface area (TPSA) is 40.6 Å². The Hall–Kier alpha value is -1.85. The fourth-order valence-corrected chi connectivity index (χ4v) is 3.55. The Labute approximate surface area is 180 Å². The average molecular weight is 466 g/mol. The van der Waals surface area contributed by atoms with E-state index in [9.17, 15) is 9.59 Å². The van der Waals surface area contributed by atoms with Gasteiger partial charge in [0.2, 0.25) is 0 Å². The molecule has 0 N–H and O–H groups in total. The molecule has 4 nitrogen and oxygen atoms in total. The van der Waals surface area contributed by atoms with Gasteiger partial charge in [0, 0.05) is 21.8 Å². The van der Waals surface area contributed by atoms with Gasteiger partial charge in [0.1, 0.15) is 0 Å². The van der Waals surface area contributed by atoms with Crippen molar-refractivity contribution >= 4 is 39.5 Å². The molecule has 0 atom stereocenters. The van der Waals surface area contributed by atoms with Gasteiger partial charge in [-0.05, 0) is 71.9 Å². The average Bonchev–Trinajstić information content (AvgIpc) is 2.59. The number of carbonyl (C=O) groups is 2. The van der Waals surface area contributed by atoms with E-state index in [1.807, 2.05) is 39.0 Å². The fraction of sp³-hybridized carbons (Fsp3) is 0.364. The second kappa shape index (κ2) is 8.26. The van der Waals surface area contributed by atoms with Crippen molar-refractivity contribution in [2.75, 3.05) is 0 Å². The van der Waals surface area contributed by atoms with Gasteiger partial charge in [0.25, 0.3) is 11.8 Å². The Kier molecular flexibility index (Phi) is 6.62. The van der Waals surface area contributed by atoms with E-state index < -0.39 is 11.4 Å². The molecule has 0 heterocycles. The first-order valence-corrected chi connectivity index (χ1v) is 10.2.